The van der Waals surface area contributed by atoms with E-state index in [0.717, 1.165) is 12.1 Å². The summed E-state index contributed by atoms with van der Waals surface area (Å²) >= 11 is 6.37. The van der Waals surface area contributed by atoms with Crippen LogP contribution in [0.3, 0.4) is 0 Å². The molecule has 0 aliphatic carbocycles. The average Bonchev–Trinajstić information content (AvgIpc) is 2.82. The molecule has 0 saturated carbocycles. The van der Waals surface area contributed by atoms with Crippen molar-refractivity contribution in [3.8, 4) is 5.75 Å². The van der Waals surface area contributed by atoms with E-state index < -0.39 is 17.5 Å². The zero-order valence-corrected chi connectivity index (χ0v) is 19.2. The number of amides is 1. The minimum atomic E-state index is -0.764. The molecule has 4 aromatic carbocycles. The molecule has 0 saturated heterocycles. The van der Waals surface area contributed by atoms with Crippen molar-refractivity contribution < 1.29 is 23.5 Å². The number of nitrogens with one attached hydrogen (secondary N) is 2. The monoisotopic (exact) mass is 492 g/mol. The Hall–Kier alpha value is -4.23. The number of para-hydroxylation sites is 1. The topological polar surface area (TPSA) is 78.4 Å². The Morgan fingerprint density at radius 1 is 0.829 bits per heavy atom. The number of benzene rings is 4. The van der Waals surface area contributed by atoms with Gasteiger partial charge < -0.3 is 15.7 Å². The molecule has 0 radical (unpaired) electrons. The van der Waals surface area contributed by atoms with E-state index in [2.05, 4.69) is 10.6 Å². The highest BCUT2D eigenvalue weighted by Crippen LogP contribution is 2.29. The number of phenolic OH excluding ortho intramolecular Hbond substituents is 1. The van der Waals surface area contributed by atoms with Crippen LogP contribution in [-0.2, 0) is 0 Å². The van der Waals surface area contributed by atoms with E-state index in [0.29, 0.717) is 22.5 Å². The summed E-state index contributed by atoms with van der Waals surface area (Å²) in [4.78, 5) is 25.8. The molecule has 4 rings (SSSR count). The lowest BCUT2D eigenvalue weighted by Crippen LogP contribution is -2.13. The summed E-state index contributed by atoms with van der Waals surface area (Å²) in [7, 11) is 0. The predicted octanol–water partition coefficient (Wildman–Crippen LogP) is 6.86. The zero-order valence-electron chi connectivity index (χ0n) is 18.4. The minimum absolute atomic E-state index is 0.0604. The Kier molecular flexibility index (Phi) is 6.80. The summed E-state index contributed by atoms with van der Waals surface area (Å²) in [5.41, 5.74) is 2.15. The van der Waals surface area contributed by atoms with Gasteiger partial charge in [-0.15, -0.1) is 0 Å². The van der Waals surface area contributed by atoms with Crippen LogP contribution in [0.25, 0.3) is 0 Å². The normalized spacial score (nSPS) is 10.6. The second-order valence-electron chi connectivity index (χ2n) is 7.77. The second kappa shape index (κ2) is 9.95. The maximum atomic E-state index is 13.9. The molecule has 0 aliphatic rings. The van der Waals surface area contributed by atoms with Gasteiger partial charge in [0.2, 0.25) is 0 Å². The number of phenols is 1. The van der Waals surface area contributed by atoms with Crippen LogP contribution in [0.4, 0.5) is 25.8 Å². The summed E-state index contributed by atoms with van der Waals surface area (Å²) in [5, 5.41) is 15.5. The van der Waals surface area contributed by atoms with Gasteiger partial charge in [0, 0.05) is 28.6 Å². The molecule has 3 N–H and O–H groups in total. The summed E-state index contributed by atoms with van der Waals surface area (Å²) in [6.45, 7) is 1.75. The van der Waals surface area contributed by atoms with Gasteiger partial charge in [0.05, 0.1) is 16.3 Å². The Labute approximate surface area is 205 Å². The van der Waals surface area contributed by atoms with Crippen molar-refractivity contribution in [2.75, 3.05) is 10.6 Å². The highest BCUT2D eigenvalue weighted by molar-refractivity contribution is 6.35. The Balaban J connectivity index is 1.57. The molecular formula is C27H19ClF2N2O3. The van der Waals surface area contributed by atoms with Crippen LogP contribution in [0.15, 0.2) is 78.9 Å². The van der Waals surface area contributed by atoms with E-state index in [1.165, 1.54) is 36.4 Å². The maximum Gasteiger partial charge on any atom is 0.259 e. The lowest BCUT2D eigenvalue weighted by atomic mass is 9.98. The smallest absolute Gasteiger partial charge is 0.259 e. The van der Waals surface area contributed by atoms with Crippen molar-refractivity contribution in [3.05, 3.63) is 118 Å². The Bertz CT molecular complexity index is 1460. The average molecular weight is 493 g/mol. The van der Waals surface area contributed by atoms with Crippen molar-refractivity contribution in [2.45, 2.75) is 6.92 Å². The zero-order chi connectivity index (χ0) is 25.1. The van der Waals surface area contributed by atoms with Crippen molar-refractivity contribution >= 4 is 40.4 Å². The van der Waals surface area contributed by atoms with E-state index >= 15 is 0 Å². The van der Waals surface area contributed by atoms with E-state index in [1.807, 2.05) is 0 Å². The van der Waals surface area contributed by atoms with Gasteiger partial charge in [-0.1, -0.05) is 29.8 Å². The molecule has 0 fully saturated rings. The van der Waals surface area contributed by atoms with Gasteiger partial charge in [-0.3, -0.25) is 9.59 Å². The molecule has 5 nitrogen and oxygen atoms in total. The van der Waals surface area contributed by atoms with Crippen LogP contribution in [0.5, 0.6) is 5.75 Å². The number of rotatable bonds is 6. The number of aryl methyl sites for hydroxylation is 1. The molecule has 0 bridgehead atoms. The van der Waals surface area contributed by atoms with Gasteiger partial charge in [-0.2, -0.15) is 0 Å². The second-order valence-corrected chi connectivity index (χ2v) is 8.18. The molecular weight excluding hydrogens is 474 g/mol. The third kappa shape index (κ3) is 5.31. The van der Waals surface area contributed by atoms with E-state index in [1.54, 1.807) is 37.3 Å². The Morgan fingerprint density at radius 2 is 1.57 bits per heavy atom. The maximum absolute atomic E-state index is 13.9. The number of hydrogen-bond acceptors (Lipinski definition) is 4. The van der Waals surface area contributed by atoms with Crippen molar-refractivity contribution in [3.63, 3.8) is 0 Å². The van der Waals surface area contributed by atoms with Crippen LogP contribution < -0.4 is 10.6 Å². The molecule has 8 heteroatoms. The van der Waals surface area contributed by atoms with Gasteiger partial charge in [0.25, 0.3) is 5.91 Å². The fourth-order valence-corrected chi connectivity index (χ4v) is 3.74. The number of halogens is 3. The third-order valence-corrected chi connectivity index (χ3v) is 5.63. The van der Waals surface area contributed by atoms with Gasteiger partial charge in [0.15, 0.2) is 5.78 Å². The molecule has 1 amide bonds. The summed E-state index contributed by atoms with van der Waals surface area (Å²) in [6, 6.07) is 18.7. The van der Waals surface area contributed by atoms with E-state index in [9.17, 15) is 23.5 Å². The number of carbonyl (C=O) groups excluding carboxylic acids is 2. The molecule has 0 atom stereocenters. The largest absolute Gasteiger partial charge is 0.507 e. The number of carbonyl (C=O) groups is 2. The quantitative estimate of drug-likeness (QED) is 0.257. The number of hydrogen-bond donors (Lipinski definition) is 3. The number of ketones is 1. The van der Waals surface area contributed by atoms with Crippen LogP contribution in [0.1, 0.15) is 31.8 Å². The summed E-state index contributed by atoms with van der Waals surface area (Å²) < 4.78 is 27.1. The van der Waals surface area contributed by atoms with Gasteiger partial charge >= 0.3 is 0 Å². The molecule has 0 aliphatic heterocycles. The van der Waals surface area contributed by atoms with Crippen molar-refractivity contribution in [1.82, 2.24) is 0 Å². The number of aromatic hydroxyl groups is 1. The van der Waals surface area contributed by atoms with Crippen LogP contribution in [0.2, 0.25) is 5.02 Å². The molecule has 0 unspecified atom stereocenters. The van der Waals surface area contributed by atoms with Crippen molar-refractivity contribution in [1.29, 1.82) is 0 Å². The van der Waals surface area contributed by atoms with Gasteiger partial charge in [0.1, 0.15) is 17.4 Å². The fourth-order valence-electron chi connectivity index (χ4n) is 3.48. The SMILES string of the molecule is Cc1ccc(NC(=O)c2ccccc2O)cc1C(=O)c1ccc(Nc2ccc(F)cc2F)cc1Cl. The lowest BCUT2D eigenvalue weighted by molar-refractivity contribution is 0.101. The number of anilines is 3. The van der Waals surface area contributed by atoms with Gasteiger partial charge in [-0.25, -0.2) is 8.78 Å². The standard InChI is InChI=1S/C27H19ClF2N2O3/c1-15-6-8-17(32-27(35)20-4-2-3-5-25(20)33)13-21(15)26(34)19-10-9-18(14-22(19)28)31-24-11-7-16(29)12-23(24)30/h2-14,31,33H,1H3,(H,32,35). The first-order valence-electron chi connectivity index (χ1n) is 10.5. The molecule has 35 heavy (non-hydrogen) atoms. The van der Waals surface area contributed by atoms with Crippen LogP contribution in [-0.4, -0.2) is 16.8 Å². The minimum Gasteiger partial charge on any atom is -0.507 e. The molecule has 176 valence electrons. The van der Waals surface area contributed by atoms with Gasteiger partial charge in [-0.05, 0) is 67.1 Å². The predicted molar refractivity (Wildman–Crippen MR) is 132 cm³/mol. The molecule has 0 spiro atoms. The summed E-state index contributed by atoms with van der Waals surface area (Å²) in [5.74, 6) is -2.51. The van der Waals surface area contributed by atoms with E-state index in [4.69, 9.17) is 11.6 Å². The first-order chi connectivity index (χ1) is 16.7. The van der Waals surface area contributed by atoms with Crippen molar-refractivity contribution in [2.24, 2.45) is 0 Å². The fraction of sp³-hybridized carbons (Fsp3) is 0.0370. The lowest BCUT2D eigenvalue weighted by Gasteiger charge is -2.13. The molecule has 0 heterocycles. The molecule has 4 aromatic rings. The highest BCUT2D eigenvalue weighted by atomic mass is 35.5. The summed E-state index contributed by atoms with van der Waals surface area (Å²) in [6.07, 6.45) is 0. The first-order valence-corrected chi connectivity index (χ1v) is 10.9. The Morgan fingerprint density at radius 3 is 2.29 bits per heavy atom. The van der Waals surface area contributed by atoms with Crippen LogP contribution >= 0.6 is 11.6 Å². The van der Waals surface area contributed by atoms with E-state index in [-0.39, 0.29) is 33.4 Å². The highest BCUT2D eigenvalue weighted by Gasteiger charge is 2.18. The molecule has 0 aromatic heterocycles. The first kappa shape index (κ1) is 23.9. The third-order valence-electron chi connectivity index (χ3n) is 5.31. The van der Waals surface area contributed by atoms with Crippen LogP contribution in [0, 0.1) is 18.6 Å².